The topological polar surface area (TPSA) is 72.6 Å². The number of rotatable bonds is 7. The van der Waals surface area contributed by atoms with E-state index in [2.05, 4.69) is 4.98 Å². The SMILES string of the molecule is COc1ccc(-c2nc(CN(c3ccccc3)S(=O)(=O)c3ccccc3)co2)cc1. The van der Waals surface area contributed by atoms with Crippen LogP contribution in [-0.4, -0.2) is 20.5 Å². The molecule has 6 nitrogen and oxygen atoms in total. The molecule has 0 aliphatic rings. The largest absolute Gasteiger partial charge is 0.497 e. The number of hydrogen-bond donors (Lipinski definition) is 0. The van der Waals surface area contributed by atoms with Gasteiger partial charge in [-0.1, -0.05) is 36.4 Å². The van der Waals surface area contributed by atoms with Gasteiger partial charge in [0.25, 0.3) is 10.0 Å². The monoisotopic (exact) mass is 420 g/mol. The molecule has 0 radical (unpaired) electrons. The van der Waals surface area contributed by atoms with E-state index in [0.717, 1.165) is 11.3 Å². The normalized spacial score (nSPS) is 11.2. The molecule has 0 fully saturated rings. The molecule has 3 aromatic carbocycles. The lowest BCUT2D eigenvalue weighted by Crippen LogP contribution is -2.30. The predicted octanol–water partition coefficient (Wildman–Crippen LogP) is 4.75. The molecule has 0 N–H and O–H groups in total. The van der Waals surface area contributed by atoms with Gasteiger partial charge in [0.05, 0.1) is 24.2 Å². The van der Waals surface area contributed by atoms with Crippen LogP contribution in [0.4, 0.5) is 5.69 Å². The van der Waals surface area contributed by atoms with E-state index in [1.165, 1.54) is 10.6 Å². The van der Waals surface area contributed by atoms with Crippen LogP contribution in [-0.2, 0) is 16.6 Å². The van der Waals surface area contributed by atoms with Crippen molar-refractivity contribution in [3.63, 3.8) is 0 Å². The van der Waals surface area contributed by atoms with Crippen molar-refractivity contribution < 1.29 is 17.6 Å². The van der Waals surface area contributed by atoms with Gasteiger partial charge in [0.15, 0.2) is 0 Å². The number of ether oxygens (including phenoxy) is 1. The van der Waals surface area contributed by atoms with E-state index in [-0.39, 0.29) is 11.4 Å². The van der Waals surface area contributed by atoms with Crippen molar-refractivity contribution in [1.82, 2.24) is 4.98 Å². The minimum Gasteiger partial charge on any atom is -0.497 e. The maximum atomic E-state index is 13.3. The average molecular weight is 420 g/mol. The molecular weight excluding hydrogens is 400 g/mol. The molecule has 0 spiro atoms. The van der Waals surface area contributed by atoms with Crippen molar-refractivity contribution in [2.24, 2.45) is 0 Å². The van der Waals surface area contributed by atoms with Gasteiger partial charge in [-0.15, -0.1) is 0 Å². The summed E-state index contributed by atoms with van der Waals surface area (Å²) in [5.74, 6) is 1.15. The van der Waals surface area contributed by atoms with Crippen LogP contribution in [0.3, 0.4) is 0 Å². The van der Waals surface area contributed by atoms with Crippen molar-refractivity contribution in [1.29, 1.82) is 0 Å². The summed E-state index contributed by atoms with van der Waals surface area (Å²) in [6.45, 7) is 0.0426. The Labute approximate surface area is 175 Å². The highest BCUT2D eigenvalue weighted by Gasteiger charge is 2.26. The van der Waals surface area contributed by atoms with Gasteiger partial charge in [0, 0.05) is 5.56 Å². The predicted molar refractivity (Wildman–Crippen MR) is 115 cm³/mol. The lowest BCUT2D eigenvalue weighted by atomic mass is 10.2. The summed E-state index contributed by atoms with van der Waals surface area (Å²) in [6, 6.07) is 24.6. The molecule has 0 atom stereocenters. The molecule has 30 heavy (non-hydrogen) atoms. The maximum Gasteiger partial charge on any atom is 0.264 e. The summed E-state index contributed by atoms with van der Waals surface area (Å²) in [6.07, 6.45) is 1.48. The summed E-state index contributed by atoms with van der Waals surface area (Å²) >= 11 is 0. The number of sulfonamides is 1. The Morgan fingerprint density at radius 3 is 2.17 bits per heavy atom. The van der Waals surface area contributed by atoms with Crippen molar-refractivity contribution in [2.45, 2.75) is 11.4 Å². The fourth-order valence-corrected chi connectivity index (χ4v) is 4.48. The highest BCUT2D eigenvalue weighted by Crippen LogP contribution is 2.27. The third-order valence-electron chi connectivity index (χ3n) is 4.57. The van der Waals surface area contributed by atoms with Gasteiger partial charge < -0.3 is 9.15 Å². The highest BCUT2D eigenvalue weighted by molar-refractivity contribution is 7.92. The summed E-state index contributed by atoms with van der Waals surface area (Å²) in [5, 5.41) is 0. The molecule has 0 amide bonds. The number of nitrogens with zero attached hydrogens (tertiary/aromatic N) is 2. The van der Waals surface area contributed by atoms with Crippen LogP contribution in [0.5, 0.6) is 5.75 Å². The molecule has 1 aromatic heterocycles. The van der Waals surface area contributed by atoms with Gasteiger partial charge >= 0.3 is 0 Å². The number of methoxy groups -OCH3 is 1. The van der Waals surface area contributed by atoms with Crippen LogP contribution in [0.2, 0.25) is 0 Å². The number of aromatic nitrogens is 1. The van der Waals surface area contributed by atoms with E-state index in [9.17, 15) is 8.42 Å². The first-order valence-corrected chi connectivity index (χ1v) is 10.7. The fraction of sp³-hybridized carbons (Fsp3) is 0.0870. The molecule has 4 rings (SSSR count). The molecule has 0 saturated carbocycles. The van der Waals surface area contributed by atoms with Crippen LogP contribution in [0.25, 0.3) is 11.5 Å². The highest BCUT2D eigenvalue weighted by atomic mass is 32.2. The van der Waals surface area contributed by atoms with Crippen LogP contribution in [0, 0.1) is 0 Å². The summed E-state index contributed by atoms with van der Waals surface area (Å²) in [4.78, 5) is 4.71. The lowest BCUT2D eigenvalue weighted by molar-refractivity contribution is 0.415. The molecule has 0 bridgehead atoms. The number of benzene rings is 3. The second-order valence-electron chi connectivity index (χ2n) is 6.53. The number of para-hydroxylation sites is 1. The number of anilines is 1. The zero-order valence-corrected chi connectivity index (χ0v) is 17.1. The molecule has 0 unspecified atom stereocenters. The molecule has 0 aliphatic heterocycles. The van der Waals surface area contributed by atoms with Crippen LogP contribution in [0.1, 0.15) is 5.69 Å². The van der Waals surface area contributed by atoms with E-state index in [4.69, 9.17) is 9.15 Å². The Bertz CT molecular complexity index is 1210. The second kappa shape index (κ2) is 8.42. The minimum atomic E-state index is -3.78. The van der Waals surface area contributed by atoms with Crippen LogP contribution >= 0.6 is 0 Å². The average Bonchev–Trinajstić information content (AvgIpc) is 3.27. The van der Waals surface area contributed by atoms with Crippen molar-refractivity contribution in [3.05, 3.63) is 96.9 Å². The Balaban J connectivity index is 1.67. The van der Waals surface area contributed by atoms with Gasteiger partial charge in [-0.3, -0.25) is 4.31 Å². The smallest absolute Gasteiger partial charge is 0.264 e. The van der Waals surface area contributed by atoms with Gasteiger partial charge in [-0.25, -0.2) is 13.4 Å². The summed E-state index contributed by atoms with van der Waals surface area (Å²) < 4.78 is 38.8. The van der Waals surface area contributed by atoms with Crippen LogP contribution < -0.4 is 9.04 Å². The fourth-order valence-electron chi connectivity index (χ4n) is 3.02. The summed E-state index contributed by atoms with van der Waals surface area (Å²) in [7, 11) is -2.18. The van der Waals surface area contributed by atoms with E-state index in [1.54, 1.807) is 61.7 Å². The van der Waals surface area contributed by atoms with E-state index >= 15 is 0 Å². The van der Waals surface area contributed by atoms with Crippen LogP contribution in [0.15, 0.2) is 101 Å². The Hall–Kier alpha value is -3.58. The van der Waals surface area contributed by atoms with E-state index in [1.807, 2.05) is 30.3 Å². The lowest BCUT2D eigenvalue weighted by Gasteiger charge is -2.23. The Morgan fingerprint density at radius 1 is 0.900 bits per heavy atom. The van der Waals surface area contributed by atoms with Gasteiger partial charge in [0.2, 0.25) is 5.89 Å². The number of oxazole rings is 1. The number of hydrogen-bond acceptors (Lipinski definition) is 5. The van der Waals surface area contributed by atoms with Crippen molar-refractivity contribution in [3.8, 4) is 17.2 Å². The third kappa shape index (κ3) is 4.06. The van der Waals surface area contributed by atoms with Gasteiger partial charge in [-0.05, 0) is 48.5 Å². The third-order valence-corrected chi connectivity index (χ3v) is 6.36. The van der Waals surface area contributed by atoms with Gasteiger partial charge in [0.1, 0.15) is 17.7 Å². The molecule has 0 saturated heterocycles. The van der Waals surface area contributed by atoms with Gasteiger partial charge in [-0.2, -0.15) is 0 Å². The molecule has 4 aromatic rings. The van der Waals surface area contributed by atoms with Crippen molar-refractivity contribution in [2.75, 3.05) is 11.4 Å². The zero-order valence-electron chi connectivity index (χ0n) is 16.3. The minimum absolute atomic E-state index is 0.0426. The first-order chi connectivity index (χ1) is 14.6. The maximum absolute atomic E-state index is 13.3. The molecule has 1 heterocycles. The second-order valence-corrected chi connectivity index (χ2v) is 8.40. The quantitative estimate of drug-likeness (QED) is 0.432. The molecule has 0 aliphatic carbocycles. The van der Waals surface area contributed by atoms with E-state index in [0.29, 0.717) is 17.3 Å². The first kappa shape index (κ1) is 19.7. The van der Waals surface area contributed by atoms with Crippen molar-refractivity contribution >= 4 is 15.7 Å². The van der Waals surface area contributed by atoms with E-state index < -0.39 is 10.0 Å². The molecular formula is C23H20N2O4S. The molecule has 7 heteroatoms. The Morgan fingerprint density at radius 2 is 1.53 bits per heavy atom. The zero-order chi connectivity index (χ0) is 21.0. The summed E-state index contributed by atoms with van der Waals surface area (Å²) in [5.41, 5.74) is 1.83. The molecule has 152 valence electrons. The first-order valence-electron chi connectivity index (χ1n) is 9.29. The Kier molecular flexibility index (Phi) is 5.54. The standard InChI is InChI=1S/C23H20N2O4S/c1-28-21-14-12-18(13-15-21)23-24-19(17-29-23)16-25(20-8-4-2-5-9-20)30(26,27)22-10-6-3-7-11-22/h2-15,17H,16H2,1H3.